The van der Waals surface area contributed by atoms with Gasteiger partial charge in [-0.2, -0.15) is 0 Å². The molecule has 0 saturated carbocycles. The molecule has 1 aromatic heterocycles. The highest BCUT2D eigenvalue weighted by molar-refractivity contribution is 9.11. The van der Waals surface area contributed by atoms with Crippen LogP contribution in [0.4, 0.5) is 0 Å². The molecule has 138 valence electrons. The van der Waals surface area contributed by atoms with Gasteiger partial charge in [-0.25, -0.2) is 0 Å². The van der Waals surface area contributed by atoms with Crippen LogP contribution in [0.2, 0.25) is 5.02 Å². The van der Waals surface area contributed by atoms with Crippen molar-refractivity contribution in [3.8, 4) is 0 Å². The number of halogens is 2. The van der Waals surface area contributed by atoms with E-state index in [0.29, 0.717) is 15.5 Å². The van der Waals surface area contributed by atoms with Crippen molar-refractivity contribution in [1.82, 2.24) is 16.2 Å². The number of benzene rings is 1. The first kappa shape index (κ1) is 20.4. The summed E-state index contributed by atoms with van der Waals surface area (Å²) in [6.45, 7) is 3.59. The van der Waals surface area contributed by atoms with Crippen LogP contribution in [0.15, 0.2) is 40.2 Å². The van der Waals surface area contributed by atoms with Crippen molar-refractivity contribution in [1.29, 1.82) is 0 Å². The summed E-state index contributed by atoms with van der Waals surface area (Å²) in [4.78, 5) is 37.1. The number of amides is 3. The van der Waals surface area contributed by atoms with Crippen LogP contribution in [0.1, 0.15) is 33.9 Å². The minimum Gasteiger partial charge on any atom is -0.340 e. The lowest BCUT2D eigenvalue weighted by Gasteiger charge is -2.21. The molecule has 0 spiro atoms. The maximum Gasteiger partial charge on any atom is 0.279 e. The maximum absolute atomic E-state index is 12.4. The van der Waals surface area contributed by atoms with Gasteiger partial charge in [0.25, 0.3) is 17.7 Å². The zero-order valence-electron chi connectivity index (χ0n) is 14.0. The molecule has 0 radical (unpaired) electrons. The van der Waals surface area contributed by atoms with E-state index in [2.05, 4.69) is 32.1 Å². The van der Waals surface area contributed by atoms with E-state index in [1.807, 2.05) is 0 Å². The molecule has 0 aliphatic rings. The van der Waals surface area contributed by atoms with Gasteiger partial charge in [0, 0.05) is 10.6 Å². The predicted molar refractivity (Wildman–Crippen MR) is 105 cm³/mol. The van der Waals surface area contributed by atoms with Gasteiger partial charge >= 0.3 is 0 Å². The highest BCUT2D eigenvalue weighted by atomic mass is 79.9. The normalized spacial score (nSPS) is 11.7. The second-order valence-corrected chi connectivity index (χ2v) is 8.65. The molecule has 3 N–H and O–H groups in total. The minimum absolute atomic E-state index is 0.181. The van der Waals surface area contributed by atoms with E-state index >= 15 is 0 Å². The van der Waals surface area contributed by atoms with Crippen molar-refractivity contribution in [3.05, 3.63) is 55.6 Å². The summed E-state index contributed by atoms with van der Waals surface area (Å²) in [5.41, 5.74) is 5.09. The van der Waals surface area contributed by atoms with Crippen LogP contribution in [0, 0.1) is 5.92 Å². The SMILES string of the molecule is CC(C)[C@H](NC(=O)c1ccc(Cl)cc1)C(=O)NNC(=O)c1ccc(Br)s1. The van der Waals surface area contributed by atoms with Crippen molar-refractivity contribution in [2.24, 2.45) is 5.92 Å². The molecule has 1 heterocycles. The van der Waals surface area contributed by atoms with E-state index in [0.717, 1.165) is 3.79 Å². The molecule has 6 nitrogen and oxygen atoms in total. The third-order valence-corrected chi connectivity index (χ3v) is 5.31. The predicted octanol–water partition coefficient (Wildman–Crippen LogP) is 3.38. The molecule has 9 heteroatoms. The summed E-state index contributed by atoms with van der Waals surface area (Å²) in [5, 5.41) is 3.19. The monoisotopic (exact) mass is 457 g/mol. The summed E-state index contributed by atoms with van der Waals surface area (Å²) in [6, 6.07) is 8.91. The Bertz CT molecular complexity index is 808. The molecule has 1 aromatic carbocycles. The Kier molecular flexibility index (Phi) is 7.19. The van der Waals surface area contributed by atoms with E-state index in [1.165, 1.54) is 11.3 Å². The number of carbonyl (C=O) groups is 3. The second-order valence-electron chi connectivity index (χ2n) is 5.75. The van der Waals surface area contributed by atoms with Crippen molar-refractivity contribution >= 4 is 56.6 Å². The van der Waals surface area contributed by atoms with Crippen LogP contribution >= 0.6 is 38.9 Å². The van der Waals surface area contributed by atoms with Gasteiger partial charge in [0.1, 0.15) is 6.04 Å². The molecule has 0 bridgehead atoms. The zero-order valence-corrected chi connectivity index (χ0v) is 17.2. The maximum atomic E-state index is 12.4. The minimum atomic E-state index is -0.812. The highest BCUT2D eigenvalue weighted by Gasteiger charge is 2.25. The first-order valence-electron chi connectivity index (χ1n) is 7.70. The molecule has 0 aliphatic carbocycles. The summed E-state index contributed by atoms with van der Waals surface area (Å²) >= 11 is 10.3. The van der Waals surface area contributed by atoms with Crippen molar-refractivity contribution in [2.75, 3.05) is 0 Å². The van der Waals surface area contributed by atoms with Gasteiger partial charge in [-0.15, -0.1) is 11.3 Å². The van der Waals surface area contributed by atoms with Gasteiger partial charge < -0.3 is 5.32 Å². The van der Waals surface area contributed by atoms with Crippen LogP contribution in [0.5, 0.6) is 0 Å². The number of carbonyl (C=O) groups excluding carboxylic acids is 3. The molecule has 3 amide bonds. The Hall–Kier alpha value is -1.90. The van der Waals surface area contributed by atoms with Crippen LogP contribution in [0.3, 0.4) is 0 Å². The van der Waals surface area contributed by atoms with Gasteiger partial charge in [-0.05, 0) is 58.2 Å². The topological polar surface area (TPSA) is 87.3 Å². The van der Waals surface area contributed by atoms with Crippen molar-refractivity contribution in [2.45, 2.75) is 19.9 Å². The zero-order chi connectivity index (χ0) is 19.3. The number of hydrazine groups is 1. The number of hydrogen-bond acceptors (Lipinski definition) is 4. The molecule has 26 heavy (non-hydrogen) atoms. The van der Waals surface area contributed by atoms with Gasteiger partial charge in [0.2, 0.25) is 0 Å². The van der Waals surface area contributed by atoms with E-state index in [-0.39, 0.29) is 5.92 Å². The fourth-order valence-corrected chi connectivity index (χ4v) is 3.46. The van der Waals surface area contributed by atoms with Crippen LogP contribution in [-0.4, -0.2) is 23.8 Å². The van der Waals surface area contributed by atoms with Crippen LogP contribution in [-0.2, 0) is 4.79 Å². The second kappa shape index (κ2) is 9.16. The first-order valence-corrected chi connectivity index (χ1v) is 9.68. The standard InChI is InChI=1S/C17H17BrClN3O3S/c1-9(2)14(20-15(23)10-3-5-11(19)6-4-10)17(25)22-21-16(24)12-7-8-13(18)26-12/h3-9,14H,1-2H3,(H,20,23)(H,21,24)(H,22,25)/t14-/m0/s1. The van der Waals surface area contributed by atoms with E-state index in [4.69, 9.17) is 11.6 Å². The van der Waals surface area contributed by atoms with Crippen molar-refractivity contribution in [3.63, 3.8) is 0 Å². The number of thiophene rings is 1. The van der Waals surface area contributed by atoms with Crippen molar-refractivity contribution < 1.29 is 14.4 Å². The molecule has 0 unspecified atom stereocenters. The average Bonchev–Trinajstić information content (AvgIpc) is 3.04. The summed E-state index contributed by atoms with van der Waals surface area (Å²) in [6.07, 6.45) is 0. The van der Waals surface area contributed by atoms with E-state index in [9.17, 15) is 14.4 Å². The third-order valence-electron chi connectivity index (χ3n) is 3.44. The average molecular weight is 459 g/mol. The molecule has 0 aliphatic heterocycles. The van der Waals surface area contributed by atoms with Gasteiger partial charge in [0.05, 0.1) is 8.66 Å². The Morgan fingerprint density at radius 2 is 1.65 bits per heavy atom. The third kappa shape index (κ3) is 5.55. The summed E-state index contributed by atoms with van der Waals surface area (Å²) in [5.74, 6) is -1.52. The quantitative estimate of drug-likeness (QED) is 0.600. The molecule has 2 aromatic rings. The first-order chi connectivity index (χ1) is 12.3. The molecular weight excluding hydrogens is 442 g/mol. The lowest BCUT2D eigenvalue weighted by atomic mass is 10.0. The molecule has 1 atom stereocenters. The largest absolute Gasteiger partial charge is 0.340 e. The molecule has 0 saturated heterocycles. The Morgan fingerprint density at radius 1 is 1.00 bits per heavy atom. The smallest absolute Gasteiger partial charge is 0.279 e. The van der Waals surface area contributed by atoms with Crippen LogP contribution < -0.4 is 16.2 Å². The number of hydrogen-bond donors (Lipinski definition) is 3. The van der Waals surface area contributed by atoms with Crippen LogP contribution in [0.25, 0.3) is 0 Å². The molecule has 0 fully saturated rings. The van der Waals surface area contributed by atoms with Gasteiger partial charge in [0.15, 0.2) is 0 Å². The molecular formula is C17H17BrClN3O3S. The lowest BCUT2D eigenvalue weighted by Crippen LogP contribution is -2.54. The Balaban J connectivity index is 1.97. The fraction of sp³-hybridized carbons (Fsp3) is 0.235. The van der Waals surface area contributed by atoms with E-state index < -0.39 is 23.8 Å². The Labute approximate surface area is 168 Å². The number of rotatable bonds is 5. The summed E-state index contributed by atoms with van der Waals surface area (Å²) < 4.78 is 0.810. The highest BCUT2D eigenvalue weighted by Crippen LogP contribution is 2.21. The van der Waals surface area contributed by atoms with Gasteiger partial charge in [-0.1, -0.05) is 25.4 Å². The summed E-state index contributed by atoms with van der Waals surface area (Å²) in [7, 11) is 0. The molecule has 2 rings (SSSR count). The van der Waals surface area contributed by atoms with E-state index in [1.54, 1.807) is 50.2 Å². The Morgan fingerprint density at radius 3 is 2.19 bits per heavy atom. The fourth-order valence-electron chi connectivity index (χ4n) is 2.05. The lowest BCUT2D eigenvalue weighted by molar-refractivity contribution is -0.124. The van der Waals surface area contributed by atoms with Gasteiger partial charge in [-0.3, -0.25) is 25.2 Å². The number of nitrogens with one attached hydrogen (secondary N) is 3.